The molecule has 6 N–H and O–H groups in total. The molecule has 0 bridgehead atoms. The van der Waals surface area contributed by atoms with Crippen LogP contribution in [-0.4, -0.2) is 54.5 Å². The van der Waals surface area contributed by atoms with Crippen LogP contribution >= 0.6 is 0 Å². The van der Waals surface area contributed by atoms with E-state index >= 15 is 22.1 Å². The van der Waals surface area contributed by atoms with Crippen molar-refractivity contribution in [3.63, 3.8) is 0 Å². The van der Waals surface area contributed by atoms with Crippen LogP contribution < -0.4 is 27.2 Å². The zero-order chi connectivity index (χ0) is 31.7. The van der Waals surface area contributed by atoms with Crippen LogP contribution in [0.15, 0.2) is 116 Å². The van der Waals surface area contributed by atoms with Crippen LogP contribution in [0.4, 0.5) is 45.1 Å². The van der Waals surface area contributed by atoms with Crippen molar-refractivity contribution in [3.05, 3.63) is 116 Å². The number of para-hydroxylation sites is 1. The lowest BCUT2D eigenvalue weighted by molar-refractivity contribution is -0.455. The summed E-state index contributed by atoms with van der Waals surface area (Å²) in [6, 6.07) is 21.2. The minimum absolute atomic E-state index is 0.0247. The molecule has 0 amide bonds. The molecule has 1 aliphatic rings. The van der Waals surface area contributed by atoms with Gasteiger partial charge in [0.05, 0.1) is 0 Å². The first-order valence-electron chi connectivity index (χ1n) is 13.5. The Morgan fingerprint density at radius 2 is 1.42 bits per heavy atom. The number of halogens is 5. The smallest absolute Gasteiger partial charge is 0.363 e. The van der Waals surface area contributed by atoms with Gasteiger partial charge in [-0.15, -0.1) is 14.1 Å². The van der Waals surface area contributed by atoms with E-state index in [9.17, 15) is 0 Å². The van der Waals surface area contributed by atoms with Gasteiger partial charge in [0.2, 0.25) is 0 Å². The van der Waals surface area contributed by atoms with Crippen molar-refractivity contribution in [2.75, 3.05) is 21.5 Å². The van der Waals surface area contributed by atoms with Crippen molar-refractivity contribution in [2.24, 2.45) is 5.73 Å². The molecular weight excluding hydrogens is 597 g/mol. The van der Waals surface area contributed by atoms with E-state index in [0.717, 1.165) is 5.39 Å². The summed E-state index contributed by atoms with van der Waals surface area (Å²) in [5.74, 6) is -8.67. The summed E-state index contributed by atoms with van der Waals surface area (Å²) >= 11 is 0. The minimum atomic E-state index is -4.37. The standard InChI is InChI=1S/C29H26F5N11/c30-27(35)26(38-23-16-15-20-9-4-5-10-21(20)19-23)43(33)29(32,44(34)28(27,31)39-22-11-2-1-3-12-22)45(41-24-13-6-7-17-36-24)42-25-14-8-18-37-40-25/h1-19,26,38-39H,35H2,(H,36,41)(H,40,42). The van der Waals surface area contributed by atoms with Crippen LogP contribution in [0.25, 0.3) is 10.8 Å². The monoisotopic (exact) mass is 623 g/mol. The number of hydrazine groups is 2. The fourth-order valence-electron chi connectivity index (χ4n) is 4.77. The molecule has 1 saturated heterocycles. The molecule has 0 aliphatic carbocycles. The van der Waals surface area contributed by atoms with E-state index in [2.05, 4.69) is 31.3 Å². The van der Waals surface area contributed by atoms with Gasteiger partial charge in [-0.05, 0) is 69.5 Å². The third-order valence-electron chi connectivity index (χ3n) is 7.04. The van der Waals surface area contributed by atoms with E-state index in [1.807, 2.05) is 5.32 Å². The predicted molar refractivity (Wildman–Crippen MR) is 158 cm³/mol. The Kier molecular flexibility index (Phi) is 7.80. The number of nitrogens with one attached hydrogen (secondary N) is 4. The number of fused-ring (bicyclic) bond motifs is 1. The number of benzene rings is 3. The minimum Gasteiger partial charge on any atom is -0.363 e. The molecule has 3 heterocycles. The summed E-state index contributed by atoms with van der Waals surface area (Å²) < 4.78 is 84.3. The lowest BCUT2D eigenvalue weighted by atomic mass is 10.0. The second kappa shape index (κ2) is 11.7. The second-order valence-corrected chi connectivity index (χ2v) is 10.0. The van der Waals surface area contributed by atoms with Crippen LogP contribution in [0.1, 0.15) is 0 Å². The highest BCUT2D eigenvalue weighted by Gasteiger charge is 2.78. The molecule has 16 heteroatoms. The summed E-state index contributed by atoms with van der Waals surface area (Å²) in [7, 11) is 0. The highest BCUT2D eigenvalue weighted by molar-refractivity contribution is 5.85. The summed E-state index contributed by atoms with van der Waals surface area (Å²) in [6.07, 6.45) is -0.113. The van der Waals surface area contributed by atoms with E-state index in [0.29, 0.717) is 5.39 Å². The summed E-state index contributed by atoms with van der Waals surface area (Å²) in [6.45, 7) is 0. The normalized spacial score (nSPS) is 25.6. The van der Waals surface area contributed by atoms with E-state index in [1.165, 1.54) is 79.1 Å². The first-order chi connectivity index (χ1) is 21.6. The molecule has 0 saturated carbocycles. The van der Waals surface area contributed by atoms with Gasteiger partial charge >= 0.3 is 12.0 Å². The molecular formula is C29H26F5N11. The molecule has 11 nitrogen and oxygen atoms in total. The number of alkyl halides is 3. The van der Waals surface area contributed by atoms with Crippen molar-refractivity contribution < 1.29 is 22.1 Å². The largest absolute Gasteiger partial charge is 0.373 e. The summed E-state index contributed by atoms with van der Waals surface area (Å²) in [4.78, 5) is 3.98. The number of pyridine rings is 1. The van der Waals surface area contributed by atoms with Crippen LogP contribution in [0.5, 0.6) is 0 Å². The molecule has 0 spiro atoms. The Morgan fingerprint density at radius 1 is 0.733 bits per heavy atom. The molecule has 5 aromatic rings. The average Bonchev–Trinajstić information content (AvgIpc) is 3.06. The van der Waals surface area contributed by atoms with E-state index in [1.54, 1.807) is 36.4 Å². The van der Waals surface area contributed by atoms with Gasteiger partial charge in [0.1, 0.15) is 5.82 Å². The van der Waals surface area contributed by atoms with E-state index < -0.39 is 34.2 Å². The zero-order valence-electron chi connectivity index (χ0n) is 23.2. The third-order valence-corrected chi connectivity index (χ3v) is 7.04. The molecule has 4 atom stereocenters. The maximum absolute atomic E-state index is 17.4. The molecule has 3 aromatic carbocycles. The Morgan fingerprint density at radius 3 is 2.13 bits per heavy atom. The maximum Gasteiger partial charge on any atom is 0.373 e. The fourth-order valence-corrected chi connectivity index (χ4v) is 4.77. The van der Waals surface area contributed by atoms with E-state index in [-0.39, 0.29) is 28.1 Å². The number of anilines is 4. The Bertz CT molecular complexity index is 1700. The number of aromatic nitrogens is 3. The number of hydrogen-bond donors (Lipinski definition) is 5. The van der Waals surface area contributed by atoms with Gasteiger partial charge in [0.25, 0.3) is 5.79 Å². The van der Waals surface area contributed by atoms with Gasteiger partial charge < -0.3 is 10.6 Å². The van der Waals surface area contributed by atoms with Crippen molar-refractivity contribution in [3.8, 4) is 0 Å². The van der Waals surface area contributed by atoms with Crippen LogP contribution in [0, 0.1) is 0 Å². The van der Waals surface area contributed by atoms with Crippen molar-refractivity contribution in [1.29, 1.82) is 0 Å². The van der Waals surface area contributed by atoms with Crippen molar-refractivity contribution >= 4 is 33.8 Å². The van der Waals surface area contributed by atoms with Gasteiger partial charge in [-0.3, -0.25) is 16.6 Å². The molecule has 0 radical (unpaired) electrons. The number of hydrogen-bond acceptors (Lipinski definition) is 11. The molecule has 1 aliphatic heterocycles. The Balaban J connectivity index is 1.48. The van der Waals surface area contributed by atoms with Crippen molar-refractivity contribution in [2.45, 2.75) is 23.9 Å². The highest BCUT2D eigenvalue weighted by Crippen LogP contribution is 2.49. The lowest BCUT2D eigenvalue weighted by Gasteiger charge is -2.56. The Labute approximate surface area is 253 Å². The number of nitrogens with two attached hydrogens (primary N) is 1. The fraction of sp³-hybridized carbons (Fsp3) is 0.138. The van der Waals surface area contributed by atoms with Crippen LogP contribution in [0.3, 0.4) is 0 Å². The number of rotatable bonds is 9. The first-order valence-corrected chi connectivity index (χ1v) is 13.5. The molecule has 2 aromatic heterocycles. The molecule has 6 rings (SSSR count). The zero-order valence-corrected chi connectivity index (χ0v) is 23.2. The quantitative estimate of drug-likeness (QED) is 0.0624. The average molecular weight is 624 g/mol. The summed E-state index contributed by atoms with van der Waals surface area (Å²) in [5, 5.41) is 11.0. The third kappa shape index (κ3) is 5.40. The maximum atomic E-state index is 17.4. The van der Waals surface area contributed by atoms with Gasteiger partial charge in [-0.2, -0.15) is 13.9 Å². The van der Waals surface area contributed by atoms with Crippen LogP contribution in [-0.2, 0) is 0 Å². The van der Waals surface area contributed by atoms with E-state index in [4.69, 9.17) is 5.73 Å². The summed E-state index contributed by atoms with van der Waals surface area (Å²) in [5.41, 5.74) is 10.3. The van der Waals surface area contributed by atoms with Crippen molar-refractivity contribution in [1.82, 2.24) is 30.5 Å². The SMILES string of the molecule is NC1(F)C(Nc2ccc3ccccc3c2)N(F)C(F)(N(Nc2ccccn2)Nc2cccnn2)N(F)C1(F)Nc1ccccc1. The van der Waals surface area contributed by atoms with Crippen LogP contribution in [0.2, 0.25) is 0 Å². The molecule has 4 unspecified atom stereocenters. The Hall–Kier alpha value is -5.16. The van der Waals surface area contributed by atoms with Gasteiger partial charge in [0, 0.05) is 23.8 Å². The first kappa shape index (κ1) is 29.9. The molecule has 45 heavy (non-hydrogen) atoms. The van der Waals surface area contributed by atoms with Gasteiger partial charge in [-0.1, -0.05) is 59.7 Å². The lowest BCUT2D eigenvalue weighted by Crippen LogP contribution is -2.87. The highest BCUT2D eigenvalue weighted by atomic mass is 19.2. The topological polar surface area (TPSA) is 123 Å². The second-order valence-electron chi connectivity index (χ2n) is 10.0. The van der Waals surface area contributed by atoms with Gasteiger partial charge in [0.15, 0.2) is 12.0 Å². The number of nitrogens with zero attached hydrogens (tertiary/aromatic N) is 6. The van der Waals surface area contributed by atoms with Gasteiger partial charge in [-0.25, -0.2) is 9.37 Å². The molecule has 1 fully saturated rings. The molecule has 232 valence electrons. The predicted octanol–water partition coefficient (Wildman–Crippen LogP) is 5.45.